The molecule has 0 bridgehead atoms. The van der Waals surface area contributed by atoms with Crippen LogP contribution in [-0.2, 0) is 19.8 Å². The lowest BCUT2D eigenvalue weighted by atomic mass is 10.1. The van der Waals surface area contributed by atoms with Crippen molar-refractivity contribution in [3.05, 3.63) is 23.8 Å². The number of amides is 1. The van der Waals surface area contributed by atoms with Crippen molar-refractivity contribution in [3.8, 4) is 5.75 Å². The number of nitrogens with zero attached hydrogens (tertiary/aromatic N) is 1. The number of carbonyl (C=O) groups is 2. The molecule has 1 amide bonds. The lowest BCUT2D eigenvalue weighted by molar-refractivity contribution is -0.117. The highest BCUT2D eigenvalue weighted by molar-refractivity contribution is 7.87. The van der Waals surface area contributed by atoms with Gasteiger partial charge in [0, 0.05) is 13.0 Å². The lowest BCUT2D eigenvalue weighted by Crippen LogP contribution is -2.28. The van der Waals surface area contributed by atoms with E-state index in [4.69, 9.17) is 9.47 Å². The smallest absolute Gasteiger partial charge is 0.340 e. The lowest BCUT2D eigenvalue weighted by Gasteiger charge is -2.20. The van der Waals surface area contributed by atoms with Gasteiger partial charge in [0.2, 0.25) is 5.91 Å². The van der Waals surface area contributed by atoms with Gasteiger partial charge >= 0.3 is 16.2 Å². The molecule has 1 unspecified atom stereocenters. The molecule has 0 aromatic heterocycles. The average molecular weight is 345 g/mol. The first-order chi connectivity index (χ1) is 10.8. The third-order valence-electron chi connectivity index (χ3n) is 3.48. The highest BCUT2D eigenvalue weighted by Gasteiger charge is 2.40. The molecule has 1 aliphatic heterocycles. The number of methoxy groups -OCH3 is 1. The van der Waals surface area contributed by atoms with Gasteiger partial charge in [0.1, 0.15) is 11.0 Å². The summed E-state index contributed by atoms with van der Waals surface area (Å²) in [6.45, 7) is 1.41. The summed E-state index contributed by atoms with van der Waals surface area (Å²) in [6, 6.07) is 4.34. The normalized spacial score (nSPS) is 18.1. The van der Waals surface area contributed by atoms with Crippen molar-refractivity contribution >= 4 is 27.8 Å². The van der Waals surface area contributed by atoms with Gasteiger partial charge in [0.25, 0.3) is 0 Å². The van der Waals surface area contributed by atoms with E-state index in [-0.39, 0.29) is 24.4 Å². The molecule has 0 N–H and O–H groups in total. The van der Waals surface area contributed by atoms with Crippen molar-refractivity contribution < 1.29 is 31.4 Å². The van der Waals surface area contributed by atoms with Gasteiger partial charge < -0.3 is 14.4 Å². The van der Waals surface area contributed by atoms with Gasteiger partial charge in [-0.15, -0.1) is 3.89 Å². The molecule has 2 rings (SSSR count). The second-order valence-electron chi connectivity index (χ2n) is 4.91. The van der Waals surface area contributed by atoms with Gasteiger partial charge in [0.05, 0.1) is 25.0 Å². The molecule has 23 heavy (non-hydrogen) atoms. The van der Waals surface area contributed by atoms with E-state index in [0.29, 0.717) is 5.75 Å². The van der Waals surface area contributed by atoms with Crippen LogP contribution in [0.3, 0.4) is 0 Å². The molecule has 1 saturated heterocycles. The monoisotopic (exact) mass is 345 g/mol. The Morgan fingerprint density at radius 1 is 1.43 bits per heavy atom. The molecular formula is C14H16FNO6S. The fourth-order valence-electron chi connectivity index (χ4n) is 2.35. The summed E-state index contributed by atoms with van der Waals surface area (Å²) >= 11 is 0. The van der Waals surface area contributed by atoms with Gasteiger partial charge in [-0.3, -0.25) is 4.79 Å². The van der Waals surface area contributed by atoms with Gasteiger partial charge in [0.15, 0.2) is 0 Å². The third kappa shape index (κ3) is 3.61. The minimum Gasteiger partial charge on any atom is -0.497 e. The molecule has 126 valence electrons. The van der Waals surface area contributed by atoms with Crippen LogP contribution in [0.5, 0.6) is 5.75 Å². The van der Waals surface area contributed by atoms with Crippen molar-refractivity contribution in [2.45, 2.75) is 18.6 Å². The van der Waals surface area contributed by atoms with Gasteiger partial charge in [-0.2, -0.15) is 8.42 Å². The number of anilines is 1. The van der Waals surface area contributed by atoms with Crippen LogP contribution in [0.2, 0.25) is 0 Å². The van der Waals surface area contributed by atoms with Crippen molar-refractivity contribution in [2.75, 3.05) is 25.2 Å². The maximum Gasteiger partial charge on any atom is 0.340 e. The average Bonchev–Trinajstić information content (AvgIpc) is 2.89. The molecule has 1 aromatic rings. The molecule has 1 aromatic carbocycles. The summed E-state index contributed by atoms with van der Waals surface area (Å²) in [4.78, 5) is 25.2. The summed E-state index contributed by atoms with van der Waals surface area (Å²) in [5, 5.41) is -1.44. The fourth-order valence-corrected chi connectivity index (χ4v) is 3.01. The number of benzene rings is 1. The first-order valence-corrected chi connectivity index (χ1v) is 8.31. The van der Waals surface area contributed by atoms with E-state index in [2.05, 4.69) is 0 Å². The topological polar surface area (TPSA) is 90.0 Å². The first kappa shape index (κ1) is 17.2. The molecule has 7 nitrogen and oxygen atoms in total. The van der Waals surface area contributed by atoms with Crippen LogP contribution >= 0.6 is 0 Å². The van der Waals surface area contributed by atoms with E-state index >= 15 is 0 Å². The SMILES string of the molecule is CCOC(=O)c1cc(OC)ccc1N1CC(S(=O)(=O)F)CC1=O. The fraction of sp³-hybridized carbons (Fsp3) is 0.429. The van der Waals surface area contributed by atoms with Crippen LogP contribution in [0.4, 0.5) is 9.57 Å². The van der Waals surface area contributed by atoms with Crippen LogP contribution in [-0.4, -0.2) is 45.8 Å². The molecule has 0 aliphatic carbocycles. The van der Waals surface area contributed by atoms with Crippen molar-refractivity contribution in [1.29, 1.82) is 0 Å². The Hall–Kier alpha value is -2.16. The predicted octanol–water partition coefficient (Wildman–Crippen LogP) is 1.28. The zero-order valence-corrected chi connectivity index (χ0v) is 13.4. The van der Waals surface area contributed by atoms with Gasteiger partial charge in [-0.25, -0.2) is 4.79 Å². The van der Waals surface area contributed by atoms with E-state index in [0.717, 1.165) is 4.90 Å². The molecule has 0 radical (unpaired) electrons. The predicted molar refractivity (Wildman–Crippen MR) is 79.7 cm³/mol. The molecule has 1 heterocycles. The van der Waals surface area contributed by atoms with E-state index in [9.17, 15) is 21.9 Å². The zero-order chi connectivity index (χ0) is 17.2. The Balaban J connectivity index is 2.42. The molecule has 0 spiro atoms. The van der Waals surface area contributed by atoms with E-state index in [1.165, 1.54) is 25.3 Å². The third-order valence-corrected chi connectivity index (χ3v) is 4.59. The quantitative estimate of drug-likeness (QED) is 0.590. The Morgan fingerprint density at radius 2 is 2.13 bits per heavy atom. The number of rotatable bonds is 5. The summed E-state index contributed by atoms with van der Waals surface area (Å²) in [5.74, 6) is -0.884. The van der Waals surface area contributed by atoms with Gasteiger partial charge in [-0.1, -0.05) is 0 Å². The molecular weight excluding hydrogens is 329 g/mol. The number of ether oxygens (including phenoxy) is 2. The summed E-state index contributed by atoms with van der Waals surface area (Å²) < 4.78 is 45.1. The van der Waals surface area contributed by atoms with Crippen LogP contribution in [0, 0.1) is 0 Å². The number of esters is 1. The number of halogens is 1. The maximum atomic E-state index is 13.1. The summed E-state index contributed by atoms with van der Waals surface area (Å²) in [7, 11) is -3.42. The Labute approximate surface area is 133 Å². The summed E-state index contributed by atoms with van der Waals surface area (Å²) in [6.07, 6.45) is -0.465. The Bertz CT molecular complexity index is 733. The highest BCUT2D eigenvalue weighted by Crippen LogP contribution is 2.31. The number of carbonyl (C=O) groups excluding carboxylic acids is 2. The first-order valence-electron chi connectivity index (χ1n) is 6.87. The van der Waals surface area contributed by atoms with Crippen LogP contribution < -0.4 is 9.64 Å². The van der Waals surface area contributed by atoms with Crippen LogP contribution in [0.25, 0.3) is 0 Å². The molecule has 9 heteroatoms. The Kier molecular flexibility index (Phi) is 4.88. The summed E-state index contributed by atoms with van der Waals surface area (Å²) in [5.41, 5.74) is 0.219. The van der Waals surface area contributed by atoms with Crippen molar-refractivity contribution in [3.63, 3.8) is 0 Å². The molecule has 0 saturated carbocycles. The number of hydrogen-bond acceptors (Lipinski definition) is 6. The standard InChI is InChI=1S/C14H16FNO6S/c1-3-22-14(18)11-6-9(21-2)4-5-12(11)16-8-10(7-13(16)17)23(15,19)20/h4-6,10H,3,7-8H2,1-2H3. The molecule has 1 atom stereocenters. The van der Waals surface area contributed by atoms with Gasteiger partial charge in [-0.05, 0) is 25.1 Å². The van der Waals surface area contributed by atoms with Crippen molar-refractivity contribution in [1.82, 2.24) is 0 Å². The van der Waals surface area contributed by atoms with Crippen LogP contribution in [0.15, 0.2) is 18.2 Å². The second kappa shape index (κ2) is 6.53. The van der Waals surface area contributed by atoms with Crippen LogP contribution in [0.1, 0.15) is 23.7 Å². The minimum atomic E-state index is -4.84. The number of hydrogen-bond donors (Lipinski definition) is 0. The molecule has 1 fully saturated rings. The molecule has 1 aliphatic rings. The van der Waals surface area contributed by atoms with E-state index in [1.54, 1.807) is 6.92 Å². The largest absolute Gasteiger partial charge is 0.497 e. The minimum absolute atomic E-state index is 0.0523. The van der Waals surface area contributed by atoms with E-state index in [1.807, 2.05) is 0 Å². The highest BCUT2D eigenvalue weighted by atomic mass is 32.3. The van der Waals surface area contributed by atoms with Crippen molar-refractivity contribution in [2.24, 2.45) is 0 Å². The maximum absolute atomic E-state index is 13.1. The second-order valence-corrected chi connectivity index (χ2v) is 6.53. The Morgan fingerprint density at radius 3 is 2.65 bits per heavy atom. The zero-order valence-electron chi connectivity index (χ0n) is 12.6. The van der Waals surface area contributed by atoms with E-state index < -0.39 is 33.8 Å².